The van der Waals surface area contributed by atoms with E-state index < -0.39 is 0 Å². The molecule has 14 heavy (non-hydrogen) atoms. The predicted octanol–water partition coefficient (Wildman–Crippen LogP) is 3.93. The molecule has 0 aromatic heterocycles. The lowest BCUT2D eigenvalue weighted by Gasteiger charge is -2.31. The van der Waals surface area contributed by atoms with Gasteiger partial charge in [0.05, 0.1) is 0 Å². The molecule has 1 nitrogen and oxygen atoms in total. The maximum Gasteiger partial charge on any atom is -0.00161 e. The van der Waals surface area contributed by atoms with E-state index in [2.05, 4.69) is 18.7 Å². The molecule has 1 rings (SSSR count). The molecule has 0 spiro atoms. The highest BCUT2D eigenvalue weighted by atomic mass is 15.1. The monoisotopic (exact) mass is 199 g/mol. The van der Waals surface area contributed by atoms with E-state index >= 15 is 0 Å². The number of piperidine rings is 1. The van der Waals surface area contributed by atoms with E-state index in [1.807, 2.05) is 13.8 Å². The van der Waals surface area contributed by atoms with Gasteiger partial charge >= 0.3 is 0 Å². The van der Waals surface area contributed by atoms with Crippen molar-refractivity contribution in [3.05, 3.63) is 0 Å². The van der Waals surface area contributed by atoms with Gasteiger partial charge in [0, 0.05) is 0 Å². The standard InChI is InChI=1S/C11H23N.C2H6/c1-3-5-11-6-9-12(8-4-2)10-7-11;1-2/h11H,3-10H2,1-2H3;1-2H3. The summed E-state index contributed by atoms with van der Waals surface area (Å²) in [4.78, 5) is 2.62. The zero-order chi connectivity index (χ0) is 10.8. The van der Waals surface area contributed by atoms with Gasteiger partial charge in [0.2, 0.25) is 0 Å². The summed E-state index contributed by atoms with van der Waals surface area (Å²) in [5.41, 5.74) is 0. The minimum absolute atomic E-state index is 1.04. The minimum Gasteiger partial charge on any atom is -0.303 e. The third-order valence-corrected chi connectivity index (χ3v) is 2.94. The molecule has 1 aliphatic rings. The van der Waals surface area contributed by atoms with Gasteiger partial charge in [0.25, 0.3) is 0 Å². The fraction of sp³-hybridized carbons (Fsp3) is 1.00. The Bertz CT molecular complexity index is 89.8. The highest BCUT2D eigenvalue weighted by molar-refractivity contribution is 4.71. The largest absolute Gasteiger partial charge is 0.303 e. The van der Waals surface area contributed by atoms with E-state index in [1.54, 1.807) is 0 Å². The summed E-state index contributed by atoms with van der Waals surface area (Å²) in [5, 5.41) is 0. The minimum atomic E-state index is 1.04. The van der Waals surface area contributed by atoms with Crippen LogP contribution in [0, 0.1) is 5.92 Å². The molecule has 1 aliphatic heterocycles. The number of rotatable bonds is 4. The molecule has 0 aromatic carbocycles. The molecule has 1 saturated heterocycles. The molecule has 1 heteroatoms. The van der Waals surface area contributed by atoms with Crippen LogP contribution >= 0.6 is 0 Å². The third-order valence-electron chi connectivity index (χ3n) is 2.94. The lowest BCUT2D eigenvalue weighted by atomic mass is 9.92. The maximum absolute atomic E-state index is 2.62. The van der Waals surface area contributed by atoms with Gasteiger partial charge in [-0.25, -0.2) is 0 Å². The van der Waals surface area contributed by atoms with Crippen molar-refractivity contribution >= 4 is 0 Å². The van der Waals surface area contributed by atoms with Gasteiger partial charge in [-0.05, 0) is 44.8 Å². The van der Waals surface area contributed by atoms with Crippen molar-refractivity contribution in [2.45, 2.75) is 59.8 Å². The lowest BCUT2D eigenvalue weighted by molar-refractivity contribution is 0.179. The predicted molar refractivity (Wildman–Crippen MR) is 65.7 cm³/mol. The fourth-order valence-corrected chi connectivity index (χ4v) is 2.22. The normalized spacial score (nSPS) is 18.9. The summed E-state index contributed by atoms with van der Waals surface area (Å²) >= 11 is 0. The first-order chi connectivity index (χ1) is 6.86. The van der Waals surface area contributed by atoms with Gasteiger partial charge in [0.1, 0.15) is 0 Å². The Hall–Kier alpha value is -0.0400. The number of likely N-dealkylation sites (tertiary alicyclic amines) is 1. The summed E-state index contributed by atoms with van der Waals surface area (Å²) in [6.07, 6.45) is 7.05. The van der Waals surface area contributed by atoms with Gasteiger partial charge in [0.15, 0.2) is 0 Å². The van der Waals surface area contributed by atoms with Gasteiger partial charge < -0.3 is 4.90 Å². The van der Waals surface area contributed by atoms with Crippen LogP contribution in [-0.2, 0) is 0 Å². The van der Waals surface area contributed by atoms with Crippen LogP contribution < -0.4 is 0 Å². The van der Waals surface area contributed by atoms with E-state index in [-0.39, 0.29) is 0 Å². The first-order valence-electron chi connectivity index (χ1n) is 6.59. The second-order valence-corrected chi connectivity index (χ2v) is 4.07. The quantitative estimate of drug-likeness (QED) is 0.663. The van der Waals surface area contributed by atoms with Crippen LogP contribution in [0.1, 0.15) is 59.8 Å². The lowest BCUT2D eigenvalue weighted by Crippen LogP contribution is -2.34. The summed E-state index contributed by atoms with van der Waals surface area (Å²) in [7, 11) is 0. The zero-order valence-electron chi connectivity index (χ0n) is 10.7. The topological polar surface area (TPSA) is 3.24 Å². The molecule has 0 amide bonds. The average Bonchev–Trinajstić information content (AvgIpc) is 2.25. The number of hydrogen-bond acceptors (Lipinski definition) is 1. The highest BCUT2D eigenvalue weighted by Crippen LogP contribution is 2.21. The molecule has 1 heterocycles. The maximum atomic E-state index is 2.62. The molecular formula is C13H29N. The van der Waals surface area contributed by atoms with E-state index in [1.165, 1.54) is 51.7 Å². The van der Waals surface area contributed by atoms with Crippen molar-refractivity contribution in [1.82, 2.24) is 4.90 Å². The Morgan fingerprint density at radius 1 is 1.00 bits per heavy atom. The Morgan fingerprint density at radius 2 is 1.57 bits per heavy atom. The van der Waals surface area contributed by atoms with Gasteiger partial charge in [-0.2, -0.15) is 0 Å². The molecule has 0 aliphatic carbocycles. The van der Waals surface area contributed by atoms with Crippen molar-refractivity contribution in [2.24, 2.45) is 5.92 Å². The van der Waals surface area contributed by atoms with Crippen molar-refractivity contribution in [1.29, 1.82) is 0 Å². The van der Waals surface area contributed by atoms with Gasteiger partial charge in [-0.1, -0.05) is 40.5 Å². The number of hydrogen-bond donors (Lipinski definition) is 0. The van der Waals surface area contributed by atoms with E-state index in [4.69, 9.17) is 0 Å². The molecule has 0 atom stereocenters. The van der Waals surface area contributed by atoms with Crippen LogP contribution in [-0.4, -0.2) is 24.5 Å². The van der Waals surface area contributed by atoms with E-state index in [0.717, 1.165) is 5.92 Å². The fourth-order valence-electron chi connectivity index (χ4n) is 2.22. The van der Waals surface area contributed by atoms with Crippen LogP contribution in [0.2, 0.25) is 0 Å². The average molecular weight is 199 g/mol. The SMILES string of the molecule is CC.CCCC1CCN(CCC)CC1. The van der Waals surface area contributed by atoms with Crippen molar-refractivity contribution < 1.29 is 0 Å². The van der Waals surface area contributed by atoms with E-state index in [0.29, 0.717) is 0 Å². The molecule has 0 aromatic rings. The third kappa shape index (κ3) is 5.64. The first kappa shape index (κ1) is 14.0. The zero-order valence-corrected chi connectivity index (χ0v) is 10.7. The Morgan fingerprint density at radius 3 is 2.00 bits per heavy atom. The summed E-state index contributed by atoms with van der Waals surface area (Å²) in [5.74, 6) is 1.04. The van der Waals surface area contributed by atoms with Crippen molar-refractivity contribution in [2.75, 3.05) is 19.6 Å². The highest BCUT2D eigenvalue weighted by Gasteiger charge is 2.16. The molecule has 0 radical (unpaired) electrons. The van der Waals surface area contributed by atoms with Crippen LogP contribution in [0.25, 0.3) is 0 Å². The van der Waals surface area contributed by atoms with Crippen LogP contribution in [0.4, 0.5) is 0 Å². The molecular weight excluding hydrogens is 170 g/mol. The Labute approximate surface area is 90.9 Å². The molecule has 1 fully saturated rings. The second-order valence-electron chi connectivity index (χ2n) is 4.07. The molecule has 0 saturated carbocycles. The molecule has 0 bridgehead atoms. The number of nitrogens with zero attached hydrogens (tertiary/aromatic N) is 1. The molecule has 86 valence electrons. The second kappa shape index (κ2) is 9.51. The summed E-state index contributed by atoms with van der Waals surface area (Å²) in [6, 6.07) is 0. The summed E-state index contributed by atoms with van der Waals surface area (Å²) in [6.45, 7) is 12.6. The van der Waals surface area contributed by atoms with Gasteiger partial charge in [-0.3, -0.25) is 0 Å². The smallest absolute Gasteiger partial charge is 0.00161 e. The Kier molecular flexibility index (Phi) is 9.49. The van der Waals surface area contributed by atoms with Gasteiger partial charge in [-0.15, -0.1) is 0 Å². The molecule has 0 N–H and O–H groups in total. The van der Waals surface area contributed by atoms with Crippen LogP contribution in [0.15, 0.2) is 0 Å². The Balaban J connectivity index is 0.000000791. The van der Waals surface area contributed by atoms with Crippen LogP contribution in [0.3, 0.4) is 0 Å². The van der Waals surface area contributed by atoms with E-state index in [9.17, 15) is 0 Å². The van der Waals surface area contributed by atoms with Crippen molar-refractivity contribution in [3.8, 4) is 0 Å². The van der Waals surface area contributed by atoms with Crippen molar-refractivity contribution in [3.63, 3.8) is 0 Å². The first-order valence-corrected chi connectivity index (χ1v) is 6.59. The molecule has 0 unspecified atom stereocenters. The van der Waals surface area contributed by atoms with Crippen LogP contribution in [0.5, 0.6) is 0 Å². The summed E-state index contributed by atoms with van der Waals surface area (Å²) < 4.78 is 0.